The Morgan fingerprint density at radius 1 is 1.53 bits per heavy atom. The van der Waals surface area contributed by atoms with Crippen LogP contribution in [-0.2, 0) is 9.53 Å². The Morgan fingerprint density at radius 3 is 2.94 bits per heavy atom. The van der Waals surface area contributed by atoms with E-state index >= 15 is 0 Å². The molecule has 0 aliphatic rings. The van der Waals surface area contributed by atoms with Crippen LogP contribution in [-0.4, -0.2) is 19.6 Å². The highest BCUT2D eigenvalue weighted by Crippen LogP contribution is 2.17. The maximum atomic E-state index is 11.6. The summed E-state index contributed by atoms with van der Waals surface area (Å²) in [5.41, 5.74) is 1.10. The van der Waals surface area contributed by atoms with Crippen molar-refractivity contribution in [1.82, 2.24) is 5.32 Å². The normalized spacial score (nSPS) is 12.2. The van der Waals surface area contributed by atoms with E-state index < -0.39 is 0 Å². The second kappa shape index (κ2) is 7.45. The van der Waals surface area contributed by atoms with Gasteiger partial charge in [0, 0.05) is 24.6 Å². The summed E-state index contributed by atoms with van der Waals surface area (Å²) in [6.45, 7) is 2.61. The topological polar surface area (TPSA) is 38.3 Å². The standard InChI is InChI=1S/C13H18BrNO2/c1-10(11-5-3-6-12(14)9-11)15-13(16)7-4-8-17-2/h3,5-6,9-10H,4,7-8H2,1-2H3,(H,15,16). The average molecular weight is 300 g/mol. The number of hydrogen-bond acceptors (Lipinski definition) is 2. The summed E-state index contributed by atoms with van der Waals surface area (Å²) in [6, 6.07) is 7.98. The Morgan fingerprint density at radius 2 is 2.29 bits per heavy atom. The first-order chi connectivity index (χ1) is 8.13. The molecule has 0 bridgehead atoms. The zero-order valence-electron chi connectivity index (χ0n) is 10.2. The van der Waals surface area contributed by atoms with Crippen molar-refractivity contribution in [1.29, 1.82) is 0 Å². The molecule has 3 nitrogen and oxygen atoms in total. The first-order valence-corrected chi connectivity index (χ1v) is 6.46. The molecule has 1 rings (SSSR count). The van der Waals surface area contributed by atoms with Gasteiger partial charge in [-0.05, 0) is 31.0 Å². The molecule has 0 heterocycles. The second-order valence-electron chi connectivity index (χ2n) is 3.94. The molecule has 0 aliphatic carbocycles. The second-order valence-corrected chi connectivity index (χ2v) is 4.86. The molecular weight excluding hydrogens is 282 g/mol. The molecular formula is C13H18BrNO2. The third kappa shape index (κ3) is 5.33. The Kier molecular flexibility index (Phi) is 6.22. The van der Waals surface area contributed by atoms with Crippen LogP contribution in [0.5, 0.6) is 0 Å². The Bertz CT molecular complexity index is 368. The van der Waals surface area contributed by atoms with Gasteiger partial charge in [0.2, 0.25) is 5.91 Å². The fourth-order valence-electron chi connectivity index (χ4n) is 1.55. The van der Waals surface area contributed by atoms with E-state index in [9.17, 15) is 4.79 Å². The number of amides is 1. The van der Waals surface area contributed by atoms with Gasteiger partial charge in [0.05, 0.1) is 6.04 Å². The third-order valence-electron chi connectivity index (χ3n) is 2.48. The van der Waals surface area contributed by atoms with Gasteiger partial charge in [-0.3, -0.25) is 4.79 Å². The van der Waals surface area contributed by atoms with Crippen molar-refractivity contribution in [2.24, 2.45) is 0 Å². The van der Waals surface area contributed by atoms with E-state index in [1.54, 1.807) is 7.11 Å². The molecule has 17 heavy (non-hydrogen) atoms. The minimum absolute atomic E-state index is 0.0301. The lowest BCUT2D eigenvalue weighted by atomic mass is 10.1. The van der Waals surface area contributed by atoms with E-state index in [-0.39, 0.29) is 11.9 Å². The van der Waals surface area contributed by atoms with Crippen molar-refractivity contribution in [3.63, 3.8) is 0 Å². The highest BCUT2D eigenvalue weighted by atomic mass is 79.9. The summed E-state index contributed by atoms with van der Waals surface area (Å²) >= 11 is 3.42. The lowest BCUT2D eigenvalue weighted by molar-refractivity contribution is -0.122. The molecule has 1 aromatic rings. The van der Waals surface area contributed by atoms with Gasteiger partial charge < -0.3 is 10.1 Å². The Hall–Kier alpha value is -0.870. The summed E-state index contributed by atoms with van der Waals surface area (Å²) in [5.74, 6) is 0.0644. The summed E-state index contributed by atoms with van der Waals surface area (Å²) < 4.78 is 5.93. The Labute approximate surface area is 111 Å². The van der Waals surface area contributed by atoms with Crippen LogP contribution in [0.3, 0.4) is 0 Å². The number of hydrogen-bond donors (Lipinski definition) is 1. The molecule has 0 aromatic heterocycles. The van der Waals surface area contributed by atoms with E-state index in [0.29, 0.717) is 13.0 Å². The van der Waals surface area contributed by atoms with Crippen molar-refractivity contribution < 1.29 is 9.53 Å². The number of carbonyl (C=O) groups is 1. The molecule has 1 atom stereocenters. The first-order valence-electron chi connectivity index (χ1n) is 5.67. The summed E-state index contributed by atoms with van der Waals surface area (Å²) in [7, 11) is 1.64. The van der Waals surface area contributed by atoms with Gasteiger partial charge >= 0.3 is 0 Å². The van der Waals surface area contributed by atoms with Crippen LogP contribution in [0.15, 0.2) is 28.7 Å². The first kappa shape index (κ1) is 14.2. The maximum absolute atomic E-state index is 11.6. The lowest BCUT2D eigenvalue weighted by Gasteiger charge is -2.14. The number of benzene rings is 1. The van der Waals surface area contributed by atoms with Gasteiger partial charge in [-0.15, -0.1) is 0 Å². The number of nitrogens with one attached hydrogen (secondary N) is 1. The van der Waals surface area contributed by atoms with Crippen LogP contribution >= 0.6 is 15.9 Å². The summed E-state index contributed by atoms with van der Waals surface area (Å²) in [4.78, 5) is 11.6. The molecule has 0 saturated carbocycles. The highest BCUT2D eigenvalue weighted by molar-refractivity contribution is 9.10. The van der Waals surface area contributed by atoms with Gasteiger partial charge in [-0.2, -0.15) is 0 Å². The molecule has 1 N–H and O–H groups in total. The zero-order chi connectivity index (χ0) is 12.7. The van der Waals surface area contributed by atoms with Crippen LogP contribution < -0.4 is 5.32 Å². The average Bonchev–Trinajstić information content (AvgIpc) is 2.29. The molecule has 1 amide bonds. The van der Waals surface area contributed by atoms with E-state index in [1.807, 2.05) is 31.2 Å². The predicted molar refractivity (Wildman–Crippen MR) is 71.8 cm³/mol. The molecule has 1 unspecified atom stereocenters. The van der Waals surface area contributed by atoms with Gasteiger partial charge in [-0.1, -0.05) is 28.1 Å². The van der Waals surface area contributed by atoms with Gasteiger partial charge in [-0.25, -0.2) is 0 Å². The van der Waals surface area contributed by atoms with Gasteiger partial charge in [0.25, 0.3) is 0 Å². The van der Waals surface area contributed by atoms with Crippen molar-refractivity contribution >= 4 is 21.8 Å². The molecule has 0 spiro atoms. The Balaban J connectivity index is 2.43. The van der Waals surface area contributed by atoms with Crippen LogP contribution in [0.1, 0.15) is 31.4 Å². The number of ether oxygens (including phenoxy) is 1. The van der Waals surface area contributed by atoms with Crippen molar-refractivity contribution in [2.75, 3.05) is 13.7 Å². The molecule has 94 valence electrons. The zero-order valence-corrected chi connectivity index (χ0v) is 11.8. The number of carbonyl (C=O) groups excluding carboxylic acids is 1. The molecule has 4 heteroatoms. The monoisotopic (exact) mass is 299 g/mol. The van der Waals surface area contributed by atoms with Crippen molar-refractivity contribution in [2.45, 2.75) is 25.8 Å². The number of rotatable bonds is 6. The van der Waals surface area contributed by atoms with Crippen LogP contribution in [0.25, 0.3) is 0 Å². The van der Waals surface area contributed by atoms with Crippen LogP contribution in [0, 0.1) is 0 Å². The largest absolute Gasteiger partial charge is 0.385 e. The van der Waals surface area contributed by atoms with E-state index in [1.165, 1.54) is 0 Å². The number of methoxy groups -OCH3 is 1. The molecule has 0 radical (unpaired) electrons. The molecule has 0 fully saturated rings. The summed E-state index contributed by atoms with van der Waals surface area (Å²) in [6.07, 6.45) is 1.26. The maximum Gasteiger partial charge on any atom is 0.220 e. The minimum Gasteiger partial charge on any atom is -0.385 e. The smallest absolute Gasteiger partial charge is 0.220 e. The van der Waals surface area contributed by atoms with E-state index in [4.69, 9.17) is 4.74 Å². The molecule has 0 aliphatic heterocycles. The van der Waals surface area contributed by atoms with Crippen molar-refractivity contribution in [3.8, 4) is 0 Å². The predicted octanol–water partition coefficient (Wildman–Crippen LogP) is 3.05. The lowest BCUT2D eigenvalue weighted by Crippen LogP contribution is -2.26. The fraction of sp³-hybridized carbons (Fsp3) is 0.462. The van der Waals surface area contributed by atoms with Gasteiger partial charge in [0.1, 0.15) is 0 Å². The minimum atomic E-state index is 0.0301. The molecule has 0 saturated heterocycles. The van der Waals surface area contributed by atoms with E-state index in [2.05, 4.69) is 21.2 Å². The van der Waals surface area contributed by atoms with Crippen LogP contribution in [0.4, 0.5) is 0 Å². The number of halogens is 1. The summed E-state index contributed by atoms with van der Waals surface area (Å²) in [5, 5.41) is 2.97. The van der Waals surface area contributed by atoms with Crippen molar-refractivity contribution in [3.05, 3.63) is 34.3 Å². The van der Waals surface area contributed by atoms with E-state index in [0.717, 1.165) is 16.5 Å². The van der Waals surface area contributed by atoms with Crippen LogP contribution in [0.2, 0.25) is 0 Å². The molecule has 1 aromatic carbocycles. The quantitative estimate of drug-likeness (QED) is 0.820. The third-order valence-corrected chi connectivity index (χ3v) is 2.97. The van der Waals surface area contributed by atoms with Gasteiger partial charge in [0.15, 0.2) is 0 Å². The highest BCUT2D eigenvalue weighted by Gasteiger charge is 2.09. The SMILES string of the molecule is COCCCC(=O)NC(C)c1cccc(Br)c1. The fourth-order valence-corrected chi connectivity index (χ4v) is 1.97.